The summed E-state index contributed by atoms with van der Waals surface area (Å²) in [7, 11) is -0.194. The lowest BCUT2D eigenvalue weighted by Gasteiger charge is -2.22. The predicted molar refractivity (Wildman–Crippen MR) is 87.0 cm³/mol. The largest absolute Gasteiger partial charge is 0.310 e. The van der Waals surface area contributed by atoms with Crippen LogP contribution in [0.3, 0.4) is 0 Å². The van der Waals surface area contributed by atoms with Gasteiger partial charge < -0.3 is 5.32 Å². The Kier molecular flexibility index (Phi) is 4.49. The van der Waals surface area contributed by atoms with Crippen molar-refractivity contribution in [3.63, 3.8) is 0 Å². The third-order valence-electron chi connectivity index (χ3n) is 3.87. The molecule has 3 nitrogen and oxygen atoms in total. The lowest BCUT2D eigenvalue weighted by Crippen LogP contribution is -2.29. The van der Waals surface area contributed by atoms with Crippen molar-refractivity contribution in [2.45, 2.75) is 58.8 Å². The first-order valence-electron chi connectivity index (χ1n) is 7.36. The van der Waals surface area contributed by atoms with Crippen LogP contribution in [0.2, 0.25) is 0 Å². The van der Waals surface area contributed by atoms with Gasteiger partial charge in [-0.1, -0.05) is 40.7 Å². The van der Waals surface area contributed by atoms with Gasteiger partial charge in [-0.25, -0.2) is 4.98 Å². The zero-order chi connectivity index (χ0) is 14.9. The van der Waals surface area contributed by atoms with Crippen molar-refractivity contribution in [2.24, 2.45) is 5.41 Å². The van der Waals surface area contributed by atoms with Crippen LogP contribution in [0.1, 0.15) is 47.5 Å². The molecule has 2 heterocycles. The molecule has 0 saturated carbocycles. The van der Waals surface area contributed by atoms with Gasteiger partial charge in [0.2, 0.25) is 5.91 Å². The van der Waals surface area contributed by atoms with Crippen LogP contribution >= 0.6 is 7.92 Å². The highest BCUT2D eigenvalue weighted by molar-refractivity contribution is 7.67. The lowest BCUT2D eigenvalue weighted by atomic mass is 9.96. The number of pyridine rings is 1. The number of amides is 1. The van der Waals surface area contributed by atoms with E-state index in [2.05, 4.69) is 25.2 Å². The van der Waals surface area contributed by atoms with Gasteiger partial charge in [0, 0.05) is 5.41 Å². The van der Waals surface area contributed by atoms with E-state index in [-0.39, 0.29) is 13.8 Å². The number of carbonyl (C=O) groups is 1. The maximum Gasteiger partial charge on any atom is 0.230 e. The average molecular weight is 292 g/mol. The van der Waals surface area contributed by atoms with Gasteiger partial charge in [0.15, 0.2) is 0 Å². The van der Waals surface area contributed by atoms with Gasteiger partial charge in [-0.3, -0.25) is 4.79 Å². The van der Waals surface area contributed by atoms with Crippen LogP contribution in [-0.4, -0.2) is 22.2 Å². The molecule has 20 heavy (non-hydrogen) atoms. The van der Waals surface area contributed by atoms with Crippen LogP contribution in [-0.2, 0) is 4.79 Å². The number of nitrogens with one attached hydrogen (secondary N) is 1. The molecule has 1 aliphatic heterocycles. The zero-order valence-corrected chi connectivity index (χ0v) is 14.0. The summed E-state index contributed by atoms with van der Waals surface area (Å²) in [5.41, 5.74) is 2.27. The summed E-state index contributed by atoms with van der Waals surface area (Å²) in [4.78, 5) is 16.8. The molecule has 0 unspecified atom stereocenters. The van der Waals surface area contributed by atoms with E-state index >= 15 is 0 Å². The van der Waals surface area contributed by atoms with Crippen LogP contribution in [0.25, 0.3) is 0 Å². The molecule has 1 fully saturated rings. The highest BCUT2D eigenvalue weighted by atomic mass is 31.1. The van der Waals surface area contributed by atoms with E-state index < -0.39 is 5.41 Å². The number of nitrogens with zero attached hydrogens (tertiary/aromatic N) is 1. The number of hydrogen-bond donors (Lipinski definition) is 1. The molecule has 1 saturated heterocycles. The van der Waals surface area contributed by atoms with E-state index in [1.54, 1.807) is 0 Å². The first kappa shape index (κ1) is 15.4. The van der Waals surface area contributed by atoms with E-state index in [1.807, 2.05) is 32.9 Å². The monoisotopic (exact) mass is 292 g/mol. The fraction of sp³-hybridized carbons (Fsp3) is 0.625. The standard InChI is InChI=1S/C16H25N2OP/c1-11-9-10-12(2)20(11)14-8-6-7-13(17-14)18-15(19)16(3,4)5/h6-8,11-12H,9-10H2,1-5H3,(H,17,18,19)/t11-,12-/m0/s1. The molecule has 1 aromatic heterocycles. The third-order valence-corrected chi connectivity index (χ3v) is 7.07. The molecule has 0 bridgehead atoms. The first-order valence-corrected chi connectivity index (χ1v) is 8.84. The summed E-state index contributed by atoms with van der Waals surface area (Å²) in [6.45, 7) is 10.4. The van der Waals surface area contributed by atoms with Crippen molar-refractivity contribution < 1.29 is 4.79 Å². The van der Waals surface area contributed by atoms with Gasteiger partial charge in [-0.05, 0) is 44.2 Å². The summed E-state index contributed by atoms with van der Waals surface area (Å²) in [6, 6.07) is 6.02. The summed E-state index contributed by atoms with van der Waals surface area (Å²) < 4.78 is 0. The second-order valence-corrected chi connectivity index (χ2v) is 9.80. The lowest BCUT2D eigenvalue weighted by molar-refractivity contribution is -0.123. The topological polar surface area (TPSA) is 42.0 Å². The van der Waals surface area contributed by atoms with Crippen molar-refractivity contribution >= 4 is 25.1 Å². The molecule has 0 radical (unpaired) electrons. The minimum absolute atomic E-state index is 0.0162. The molecule has 2 rings (SSSR count). The molecule has 2 atom stereocenters. The average Bonchev–Trinajstić information content (AvgIpc) is 2.68. The quantitative estimate of drug-likeness (QED) is 0.844. The molecule has 1 aromatic rings. The van der Waals surface area contributed by atoms with E-state index in [0.29, 0.717) is 5.82 Å². The van der Waals surface area contributed by atoms with Crippen LogP contribution in [0, 0.1) is 5.41 Å². The molecule has 0 spiro atoms. The van der Waals surface area contributed by atoms with Gasteiger partial charge in [0.1, 0.15) is 5.82 Å². The highest BCUT2D eigenvalue weighted by Crippen LogP contribution is 2.53. The summed E-state index contributed by atoms with van der Waals surface area (Å²) >= 11 is 0. The fourth-order valence-corrected chi connectivity index (χ4v) is 5.70. The van der Waals surface area contributed by atoms with Crippen molar-refractivity contribution in [1.82, 2.24) is 4.98 Å². The maximum atomic E-state index is 12.0. The summed E-state index contributed by atoms with van der Waals surface area (Å²) in [5.74, 6) is 0.707. The van der Waals surface area contributed by atoms with E-state index in [9.17, 15) is 4.79 Å². The van der Waals surface area contributed by atoms with E-state index in [4.69, 9.17) is 4.98 Å². The van der Waals surface area contributed by atoms with E-state index in [1.165, 1.54) is 18.3 Å². The Morgan fingerprint density at radius 2 is 1.85 bits per heavy atom. The minimum atomic E-state index is -0.392. The Hall–Kier alpha value is -0.950. The van der Waals surface area contributed by atoms with Gasteiger partial charge in [0.05, 0.1) is 5.44 Å². The Morgan fingerprint density at radius 3 is 2.40 bits per heavy atom. The molecule has 0 aliphatic carbocycles. The molecule has 110 valence electrons. The molecule has 1 N–H and O–H groups in total. The fourth-order valence-electron chi connectivity index (χ4n) is 2.59. The van der Waals surface area contributed by atoms with Crippen molar-refractivity contribution in [1.29, 1.82) is 0 Å². The Balaban J connectivity index is 2.18. The third kappa shape index (κ3) is 3.38. The second-order valence-electron chi connectivity index (χ2n) is 6.77. The number of hydrogen-bond acceptors (Lipinski definition) is 2. The molecule has 1 aliphatic rings. The SMILES string of the molecule is C[C@H]1CC[C@H](C)P1c1cccc(NC(=O)C(C)(C)C)n1. The zero-order valence-electron chi connectivity index (χ0n) is 13.1. The maximum absolute atomic E-state index is 12.0. The van der Waals surface area contributed by atoms with Gasteiger partial charge in [-0.2, -0.15) is 0 Å². The molecular weight excluding hydrogens is 267 g/mol. The van der Waals surface area contributed by atoms with Crippen LogP contribution in [0.4, 0.5) is 5.82 Å². The first-order chi connectivity index (χ1) is 9.29. The second kappa shape index (κ2) is 5.81. The Bertz CT molecular complexity index is 485. The molecular formula is C16H25N2OP. The molecule has 1 amide bonds. The van der Waals surface area contributed by atoms with Gasteiger partial charge in [0.25, 0.3) is 0 Å². The predicted octanol–water partition coefficient (Wildman–Crippen LogP) is 3.74. The van der Waals surface area contributed by atoms with Crippen molar-refractivity contribution in [2.75, 3.05) is 5.32 Å². The number of rotatable bonds is 2. The number of carbonyl (C=O) groups excluding carboxylic acids is 1. The molecule has 0 aromatic carbocycles. The summed E-state index contributed by atoms with van der Waals surface area (Å²) in [6.07, 6.45) is 2.60. The minimum Gasteiger partial charge on any atom is -0.310 e. The van der Waals surface area contributed by atoms with E-state index in [0.717, 1.165) is 11.3 Å². The highest BCUT2D eigenvalue weighted by Gasteiger charge is 2.32. The van der Waals surface area contributed by atoms with Gasteiger partial charge in [-0.15, -0.1) is 0 Å². The van der Waals surface area contributed by atoms with Crippen LogP contribution in [0.5, 0.6) is 0 Å². The Morgan fingerprint density at radius 1 is 1.25 bits per heavy atom. The number of anilines is 1. The van der Waals surface area contributed by atoms with Crippen LogP contribution in [0.15, 0.2) is 18.2 Å². The number of aromatic nitrogens is 1. The van der Waals surface area contributed by atoms with Crippen molar-refractivity contribution in [3.8, 4) is 0 Å². The smallest absolute Gasteiger partial charge is 0.230 e. The Labute approximate surface area is 123 Å². The van der Waals surface area contributed by atoms with Gasteiger partial charge >= 0.3 is 0 Å². The molecule has 4 heteroatoms. The normalized spacial score (nSPS) is 23.9. The van der Waals surface area contributed by atoms with Crippen LogP contribution < -0.4 is 10.8 Å². The summed E-state index contributed by atoms with van der Waals surface area (Å²) in [5, 5.41) is 2.94. The van der Waals surface area contributed by atoms with Crippen molar-refractivity contribution in [3.05, 3.63) is 18.2 Å².